The van der Waals surface area contributed by atoms with Crippen molar-refractivity contribution >= 4 is 65.2 Å². The fourth-order valence-corrected chi connectivity index (χ4v) is 11.6. The van der Waals surface area contributed by atoms with Crippen LogP contribution in [0.5, 0.6) is 0 Å². The Balaban J connectivity index is 1.12. The lowest BCUT2D eigenvalue weighted by molar-refractivity contribution is 1.18. The Morgan fingerprint density at radius 3 is 1.11 bits per heavy atom. The molecule has 2 heteroatoms. The van der Waals surface area contributed by atoms with Crippen molar-refractivity contribution in [2.75, 3.05) is 0 Å². The Morgan fingerprint density at radius 1 is 0.200 bits per heavy atom. The normalized spacial score (nSPS) is 11.7. The number of benzene rings is 12. The van der Waals surface area contributed by atoms with Gasteiger partial charge in [0, 0.05) is 32.9 Å². The molecule has 0 unspecified atom stereocenters. The van der Waals surface area contributed by atoms with Crippen molar-refractivity contribution in [1.82, 2.24) is 9.13 Å². The van der Waals surface area contributed by atoms with Crippen LogP contribution >= 0.6 is 0 Å². The van der Waals surface area contributed by atoms with Crippen LogP contribution in [0.3, 0.4) is 0 Å². The van der Waals surface area contributed by atoms with Gasteiger partial charge in [-0.25, -0.2) is 0 Å². The van der Waals surface area contributed by atoms with E-state index in [-0.39, 0.29) is 0 Å². The molecule has 14 rings (SSSR count). The number of para-hydroxylation sites is 4. The minimum Gasteiger partial charge on any atom is -0.309 e. The van der Waals surface area contributed by atoms with Crippen molar-refractivity contribution in [2.45, 2.75) is 0 Å². The molecule has 0 aliphatic carbocycles. The average Bonchev–Trinajstić information content (AvgIpc) is 3.96. The highest BCUT2D eigenvalue weighted by Crippen LogP contribution is 2.49. The van der Waals surface area contributed by atoms with Crippen LogP contribution in [0.4, 0.5) is 0 Å². The third-order valence-corrected chi connectivity index (χ3v) is 14.5. The quantitative estimate of drug-likeness (QED) is 0.141. The van der Waals surface area contributed by atoms with Gasteiger partial charge in [-0.05, 0) is 138 Å². The molecule has 0 saturated carbocycles. The fraction of sp³-hybridized carbons (Fsp3) is 0. The zero-order chi connectivity index (χ0) is 46.1. The van der Waals surface area contributed by atoms with Crippen LogP contribution in [0.15, 0.2) is 267 Å². The molecule has 0 aliphatic heterocycles. The predicted molar refractivity (Wildman–Crippen MR) is 297 cm³/mol. The van der Waals surface area contributed by atoms with E-state index in [9.17, 15) is 0 Å². The van der Waals surface area contributed by atoms with Crippen LogP contribution in [0.25, 0.3) is 132 Å². The topological polar surface area (TPSA) is 9.86 Å². The molecule has 0 amide bonds. The van der Waals surface area contributed by atoms with Crippen molar-refractivity contribution < 1.29 is 0 Å². The van der Waals surface area contributed by atoms with Gasteiger partial charge in [-0.1, -0.05) is 206 Å². The van der Waals surface area contributed by atoms with Gasteiger partial charge in [0.2, 0.25) is 0 Å². The molecule has 0 radical (unpaired) electrons. The lowest BCUT2D eigenvalue weighted by Crippen LogP contribution is -1.94. The second kappa shape index (κ2) is 16.2. The van der Waals surface area contributed by atoms with Gasteiger partial charge in [0.1, 0.15) is 0 Å². The summed E-state index contributed by atoms with van der Waals surface area (Å²) in [4.78, 5) is 0. The van der Waals surface area contributed by atoms with E-state index in [1.807, 2.05) is 0 Å². The van der Waals surface area contributed by atoms with E-state index in [4.69, 9.17) is 0 Å². The first-order valence-electron chi connectivity index (χ1n) is 24.2. The molecule has 2 heterocycles. The molecule has 0 bridgehead atoms. The SMILES string of the molecule is c1ccc(-c2ccc(-c3c4cccc(-c5cccc6c5c5ccccc5n6-c5ccccc5)c4cc4c(-c5cccc6c5c5ccccc5n6-c5ccccc5)cccc34)c(-c3ccccc3)c2)cc1. The molecule has 2 aromatic heterocycles. The Hall–Kier alpha value is -9.24. The number of hydrogen-bond donors (Lipinski definition) is 0. The average molecular weight is 889 g/mol. The first-order valence-corrected chi connectivity index (χ1v) is 24.2. The standard InChI is InChI=1S/C68H44N2/c1-5-21-45(22-6-1)47-41-42-56(59(43-47)46-23-7-2-8-24-46)66-54-33-17-31-50(52-35-19-39-64-67(52)57-29-13-15-37-62(57)69(64)48-25-9-3-10-26-48)60(54)44-61-51(32-18-34-55(61)66)53-36-20-40-65-68(53)58-30-14-16-38-63(58)70(65)49-27-11-4-12-28-49/h1-44H. The van der Waals surface area contributed by atoms with E-state index in [0.717, 1.165) is 11.4 Å². The van der Waals surface area contributed by atoms with Crippen LogP contribution in [-0.4, -0.2) is 9.13 Å². The Labute approximate surface area is 406 Å². The second-order valence-electron chi connectivity index (χ2n) is 18.3. The number of hydrogen-bond acceptors (Lipinski definition) is 0. The summed E-state index contributed by atoms with van der Waals surface area (Å²) in [5, 5.41) is 9.84. The van der Waals surface area contributed by atoms with E-state index in [0.29, 0.717) is 0 Å². The minimum atomic E-state index is 1.15. The highest BCUT2D eigenvalue weighted by molar-refractivity contribution is 6.25. The van der Waals surface area contributed by atoms with Gasteiger partial charge >= 0.3 is 0 Å². The summed E-state index contributed by atoms with van der Waals surface area (Å²) in [5.74, 6) is 0. The Kier molecular flexibility index (Phi) is 9.25. The summed E-state index contributed by atoms with van der Waals surface area (Å²) in [6, 6.07) is 98.2. The highest BCUT2D eigenvalue weighted by atomic mass is 15.0. The van der Waals surface area contributed by atoms with Crippen molar-refractivity contribution in [3.8, 4) is 67.0 Å². The van der Waals surface area contributed by atoms with Crippen molar-refractivity contribution in [3.05, 3.63) is 267 Å². The molecule has 0 N–H and O–H groups in total. The molecule has 326 valence electrons. The third kappa shape index (κ3) is 6.20. The molecule has 0 spiro atoms. The van der Waals surface area contributed by atoms with Crippen molar-refractivity contribution in [1.29, 1.82) is 0 Å². The van der Waals surface area contributed by atoms with E-state index in [1.165, 1.54) is 121 Å². The molecular formula is C68H44N2. The van der Waals surface area contributed by atoms with Gasteiger partial charge in [0.15, 0.2) is 0 Å². The number of aromatic nitrogens is 2. The Morgan fingerprint density at radius 2 is 0.600 bits per heavy atom. The van der Waals surface area contributed by atoms with Gasteiger partial charge < -0.3 is 9.13 Å². The number of rotatable bonds is 7. The third-order valence-electron chi connectivity index (χ3n) is 14.5. The van der Waals surface area contributed by atoms with Gasteiger partial charge in [-0.15, -0.1) is 0 Å². The monoisotopic (exact) mass is 888 g/mol. The lowest BCUT2D eigenvalue weighted by Gasteiger charge is -2.20. The molecule has 0 aliphatic rings. The number of fused-ring (bicyclic) bond motifs is 8. The number of nitrogens with zero attached hydrogens (tertiary/aromatic N) is 2. The van der Waals surface area contributed by atoms with E-state index in [2.05, 4.69) is 276 Å². The van der Waals surface area contributed by atoms with Crippen LogP contribution in [-0.2, 0) is 0 Å². The van der Waals surface area contributed by atoms with Gasteiger partial charge in [0.05, 0.1) is 22.1 Å². The maximum absolute atomic E-state index is 2.50. The summed E-state index contributed by atoms with van der Waals surface area (Å²) in [6.07, 6.45) is 0. The first-order chi connectivity index (χ1) is 34.8. The summed E-state index contributed by atoms with van der Waals surface area (Å²) in [5.41, 5.74) is 19.1. The van der Waals surface area contributed by atoms with Crippen LogP contribution in [0.2, 0.25) is 0 Å². The largest absolute Gasteiger partial charge is 0.309 e. The molecule has 2 nitrogen and oxygen atoms in total. The van der Waals surface area contributed by atoms with Crippen molar-refractivity contribution in [3.63, 3.8) is 0 Å². The van der Waals surface area contributed by atoms with Gasteiger partial charge in [-0.3, -0.25) is 0 Å². The summed E-state index contributed by atoms with van der Waals surface area (Å²) < 4.78 is 4.84. The lowest BCUT2D eigenvalue weighted by atomic mass is 9.82. The summed E-state index contributed by atoms with van der Waals surface area (Å²) in [7, 11) is 0. The zero-order valence-corrected chi connectivity index (χ0v) is 38.3. The fourth-order valence-electron chi connectivity index (χ4n) is 11.6. The molecule has 0 atom stereocenters. The summed E-state index contributed by atoms with van der Waals surface area (Å²) in [6.45, 7) is 0. The van der Waals surface area contributed by atoms with Crippen LogP contribution in [0.1, 0.15) is 0 Å². The molecule has 14 aromatic rings. The molecule has 12 aromatic carbocycles. The molecule has 0 fully saturated rings. The van der Waals surface area contributed by atoms with Gasteiger partial charge in [0.25, 0.3) is 0 Å². The van der Waals surface area contributed by atoms with Gasteiger partial charge in [-0.2, -0.15) is 0 Å². The zero-order valence-electron chi connectivity index (χ0n) is 38.3. The highest BCUT2D eigenvalue weighted by Gasteiger charge is 2.23. The minimum absolute atomic E-state index is 1.15. The second-order valence-corrected chi connectivity index (χ2v) is 18.3. The molecule has 70 heavy (non-hydrogen) atoms. The van der Waals surface area contributed by atoms with Crippen LogP contribution in [0, 0.1) is 0 Å². The predicted octanol–water partition coefficient (Wildman–Crippen LogP) is 18.5. The maximum Gasteiger partial charge on any atom is 0.0547 e. The maximum atomic E-state index is 2.50. The smallest absolute Gasteiger partial charge is 0.0547 e. The first kappa shape index (κ1) is 39.9. The van der Waals surface area contributed by atoms with Crippen LogP contribution < -0.4 is 0 Å². The van der Waals surface area contributed by atoms with Crippen molar-refractivity contribution in [2.24, 2.45) is 0 Å². The Bertz CT molecular complexity index is 4100. The molecular weight excluding hydrogens is 845 g/mol. The van der Waals surface area contributed by atoms with E-state index >= 15 is 0 Å². The van der Waals surface area contributed by atoms with E-state index < -0.39 is 0 Å². The van der Waals surface area contributed by atoms with E-state index in [1.54, 1.807) is 0 Å². The molecule has 0 saturated heterocycles. The summed E-state index contributed by atoms with van der Waals surface area (Å²) >= 11 is 0.